The third kappa shape index (κ3) is 5.40. The van der Waals surface area contributed by atoms with Crippen molar-refractivity contribution in [2.45, 2.75) is 31.6 Å². The van der Waals surface area contributed by atoms with Crippen molar-refractivity contribution >= 4 is 17.7 Å². The van der Waals surface area contributed by atoms with Crippen LogP contribution in [0, 0.1) is 5.82 Å². The lowest BCUT2D eigenvalue weighted by Gasteiger charge is -2.08. The molecule has 2 aromatic carbocycles. The zero-order valence-electron chi connectivity index (χ0n) is 15.1. The second-order valence-corrected chi connectivity index (χ2v) is 6.94. The quantitative estimate of drug-likeness (QED) is 0.605. The summed E-state index contributed by atoms with van der Waals surface area (Å²) >= 11 is 1.37. The summed E-state index contributed by atoms with van der Waals surface area (Å²) in [7, 11) is 0. The van der Waals surface area contributed by atoms with Gasteiger partial charge in [-0.25, -0.2) is 4.39 Å². The van der Waals surface area contributed by atoms with E-state index in [-0.39, 0.29) is 17.5 Å². The Hall–Kier alpha value is -2.67. The van der Waals surface area contributed by atoms with Crippen LogP contribution in [0.15, 0.2) is 59.8 Å². The standard InChI is InChI=1S/C20H21FN4OS/c1-2-25-18(12-15-6-4-3-5-7-15)23-24-20(25)27-14-19(26)22-13-16-8-10-17(21)11-9-16/h3-11H,2,12-14H2,1H3,(H,22,26). The summed E-state index contributed by atoms with van der Waals surface area (Å²) in [5.74, 6) is 0.758. The second kappa shape index (κ2) is 9.32. The Labute approximate surface area is 162 Å². The van der Waals surface area contributed by atoms with Crippen LogP contribution in [0.2, 0.25) is 0 Å². The SMILES string of the molecule is CCn1c(Cc2ccccc2)nnc1SCC(=O)NCc1ccc(F)cc1. The average molecular weight is 384 g/mol. The van der Waals surface area contributed by atoms with Crippen molar-refractivity contribution in [2.75, 3.05) is 5.75 Å². The Morgan fingerprint density at radius 1 is 1.07 bits per heavy atom. The first-order valence-electron chi connectivity index (χ1n) is 8.75. The number of rotatable bonds is 8. The predicted octanol–water partition coefficient (Wildman–Crippen LogP) is 3.44. The van der Waals surface area contributed by atoms with Gasteiger partial charge >= 0.3 is 0 Å². The largest absolute Gasteiger partial charge is 0.351 e. The Balaban J connectivity index is 1.54. The van der Waals surface area contributed by atoms with E-state index < -0.39 is 0 Å². The van der Waals surface area contributed by atoms with Gasteiger partial charge in [-0.1, -0.05) is 54.2 Å². The maximum absolute atomic E-state index is 12.9. The van der Waals surface area contributed by atoms with Gasteiger partial charge in [-0.15, -0.1) is 10.2 Å². The minimum absolute atomic E-state index is 0.0976. The number of thioether (sulfide) groups is 1. The summed E-state index contributed by atoms with van der Waals surface area (Å²) in [5.41, 5.74) is 2.03. The molecule has 0 saturated heterocycles. The van der Waals surface area contributed by atoms with Crippen molar-refractivity contribution in [1.29, 1.82) is 0 Å². The fourth-order valence-electron chi connectivity index (χ4n) is 2.64. The molecule has 7 heteroatoms. The molecule has 3 aromatic rings. The molecule has 1 aromatic heterocycles. The molecule has 27 heavy (non-hydrogen) atoms. The number of hydrogen-bond donors (Lipinski definition) is 1. The van der Waals surface area contributed by atoms with Crippen molar-refractivity contribution in [3.63, 3.8) is 0 Å². The molecule has 0 spiro atoms. The van der Waals surface area contributed by atoms with Gasteiger partial charge in [0.05, 0.1) is 5.75 Å². The molecule has 3 rings (SSSR count). The smallest absolute Gasteiger partial charge is 0.230 e. The first-order chi connectivity index (χ1) is 13.2. The minimum atomic E-state index is -0.286. The fourth-order valence-corrected chi connectivity index (χ4v) is 3.49. The van der Waals surface area contributed by atoms with Gasteiger partial charge in [-0.3, -0.25) is 4.79 Å². The molecular weight excluding hydrogens is 363 g/mol. The van der Waals surface area contributed by atoms with E-state index in [0.29, 0.717) is 13.0 Å². The molecule has 1 amide bonds. The van der Waals surface area contributed by atoms with E-state index in [2.05, 4.69) is 27.6 Å². The number of hydrogen-bond acceptors (Lipinski definition) is 4. The molecule has 0 bridgehead atoms. The van der Waals surface area contributed by atoms with E-state index in [9.17, 15) is 9.18 Å². The van der Waals surface area contributed by atoms with Gasteiger partial charge in [-0.2, -0.15) is 0 Å². The van der Waals surface area contributed by atoms with Crippen LogP contribution in [-0.2, 0) is 24.3 Å². The fraction of sp³-hybridized carbons (Fsp3) is 0.250. The monoisotopic (exact) mass is 384 g/mol. The summed E-state index contributed by atoms with van der Waals surface area (Å²) in [6, 6.07) is 16.2. The van der Waals surface area contributed by atoms with E-state index in [1.807, 2.05) is 29.7 Å². The molecule has 0 fully saturated rings. The topological polar surface area (TPSA) is 59.8 Å². The lowest BCUT2D eigenvalue weighted by atomic mass is 10.1. The highest BCUT2D eigenvalue weighted by Crippen LogP contribution is 2.18. The number of nitrogens with zero attached hydrogens (tertiary/aromatic N) is 3. The number of aromatic nitrogens is 3. The first kappa shape index (κ1) is 19.1. The summed E-state index contributed by atoms with van der Waals surface area (Å²) < 4.78 is 14.9. The lowest BCUT2D eigenvalue weighted by Crippen LogP contribution is -2.24. The summed E-state index contributed by atoms with van der Waals surface area (Å²) in [5, 5.41) is 12.1. The maximum atomic E-state index is 12.9. The highest BCUT2D eigenvalue weighted by Gasteiger charge is 2.13. The van der Waals surface area contributed by atoms with E-state index in [1.54, 1.807) is 12.1 Å². The van der Waals surface area contributed by atoms with Crippen molar-refractivity contribution in [3.05, 3.63) is 77.4 Å². The molecule has 5 nitrogen and oxygen atoms in total. The van der Waals surface area contributed by atoms with E-state index in [0.717, 1.165) is 23.1 Å². The number of carbonyl (C=O) groups excluding carboxylic acids is 1. The first-order valence-corrected chi connectivity index (χ1v) is 9.74. The van der Waals surface area contributed by atoms with Gasteiger partial charge in [0.2, 0.25) is 5.91 Å². The molecule has 0 aliphatic carbocycles. The van der Waals surface area contributed by atoms with Crippen LogP contribution in [0.25, 0.3) is 0 Å². The normalized spacial score (nSPS) is 10.7. The van der Waals surface area contributed by atoms with Gasteiger partial charge < -0.3 is 9.88 Å². The summed E-state index contributed by atoms with van der Waals surface area (Å²) in [6.45, 7) is 3.16. The Morgan fingerprint density at radius 3 is 2.52 bits per heavy atom. The number of halogens is 1. The van der Waals surface area contributed by atoms with Crippen LogP contribution in [-0.4, -0.2) is 26.4 Å². The third-order valence-corrected chi connectivity index (χ3v) is 5.02. The average Bonchev–Trinajstić information content (AvgIpc) is 3.08. The van der Waals surface area contributed by atoms with Crippen LogP contribution in [0.1, 0.15) is 23.9 Å². The van der Waals surface area contributed by atoms with E-state index >= 15 is 0 Å². The summed E-state index contributed by atoms with van der Waals surface area (Å²) in [4.78, 5) is 12.1. The zero-order valence-corrected chi connectivity index (χ0v) is 15.9. The Kier molecular flexibility index (Phi) is 6.59. The van der Waals surface area contributed by atoms with Gasteiger partial charge in [-0.05, 0) is 30.2 Å². The zero-order chi connectivity index (χ0) is 19.1. The van der Waals surface area contributed by atoms with Crippen molar-refractivity contribution in [2.24, 2.45) is 0 Å². The highest BCUT2D eigenvalue weighted by atomic mass is 32.2. The number of amides is 1. The van der Waals surface area contributed by atoms with Crippen molar-refractivity contribution < 1.29 is 9.18 Å². The van der Waals surface area contributed by atoms with Crippen molar-refractivity contribution in [3.8, 4) is 0 Å². The van der Waals surface area contributed by atoms with Crippen LogP contribution in [0.5, 0.6) is 0 Å². The molecule has 0 aliphatic rings. The Morgan fingerprint density at radius 2 is 1.81 bits per heavy atom. The van der Waals surface area contributed by atoms with Crippen LogP contribution in [0.4, 0.5) is 4.39 Å². The molecule has 0 unspecified atom stereocenters. The van der Waals surface area contributed by atoms with E-state index in [4.69, 9.17) is 0 Å². The number of carbonyl (C=O) groups is 1. The van der Waals surface area contributed by atoms with Crippen LogP contribution < -0.4 is 5.32 Å². The van der Waals surface area contributed by atoms with Gasteiger partial charge in [0.15, 0.2) is 5.16 Å². The number of nitrogens with one attached hydrogen (secondary N) is 1. The highest BCUT2D eigenvalue weighted by molar-refractivity contribution is 7.99. The lowest BCUT2D eigenvalue weighted by molar-refractivity contribution is -0.118. The van der Waals surface area contributed by atoms with E-state index in [1.165, 1.54) is 29.5 Å². The molecular formula is C20H21FN4OS. The minimum Gasteiger partial charge on any atom is -0.351 e. The third-order valence-electron chi connectivity index (χ3n) is 4.05. The maximum Gasteiger partial charge on any atom is 0.230 e. The van der Waals surface area contributed by atoms with Gasteiger partial charge in [0.25, 0.3) is 0 Å². The van der Waals surface area contributed by atoms with Crippen LogP contribution in [0.3, 0.4) is 0 Å². The van der Waals surface area contributed by atoms with Crippen molar-refractivity contribution in [1.82, 2.24) is 20.1 Å². The van der Waals surface area contributed by atoms with Gasteiger partial charge in [0.1, 0.15) is 11.6 Å². The predicted molar refractivity (Wildman–Crippen MR) is 104 cm³/mol. The van der Waals surface area contributed by atoms with Crippen LogP contribution >= 0.6 is 11.8 Å². The molecule has 0 atom stereocenters. The molecule has 0 aliphatic heterocycles. The van der Waals surface area contributed by atoms with Gasteiger partial charge in [0, 0.05) is 19.5 Å². The molecule has 0 saturated carbocycles. The Bertz CT molecular complexity index is 881. The molecule has 140 valence electrons. The second-order valence-electron chi connectivity index (χ2n) is 6.00. The molecule has 1 heterocycles. The molecule has 1 N–H and O–H groups in total. The molecule has 0 radical (unpaired) electrons. The summed E-state index contributed by atoms with van der Waals surface area (Å²) in [6.07, 6.45) is 0.707. The number of benzene rings is 2.